The Morgan fingerprint density at radius 2 is 1.88 bits per heavy atom. The van der Waals surface area contributed by atoms with Crippen molar-refractivity contribution in [3.05, 3.63) is 53.8 Å². The molecule has 2 rings (SSSR count). The van der Waals surface area contributed by atoms with E-state index >= 15 is 0 Å². The Hall–Kier alpha value is -2.76. The van der Waals surface area contributed by atoms with Crippen LogP contribution < -0.4 is 19.5 Å². The third-order valence-corrected chi connectivity index (χ3v) is 3.35. The van der Waals surface area contributed by atoms with Gasteiger partial charge in [0.15, 0.2) is 18.1 Å². The minimum Gasteiger partial charge on any atom is -0.493 e. The molecule has 0 bridgehead atoms. The molecule has 0 heterocycles. The van der Waals surface area contributed by atoms with E-state index in [1.54, 1.807) is 20.3 Å². The fourth-order valence-electron chi connectivity index (χ4n) is 2.14. The number of nitrogens with one attached hydrogen (secondary N) is 1. The monoisotopic (exact) mass is 333 g/mol. The Balaban J connectivity index is 1.76. The first-order valence-corrected chi connectivity index (χ1v) is 7.48. The van der Waals surface area contributed by atoms with Gasteiger partial charge in [0, 0.05) is 12.6 Å². The standard InChI is InChI=1S/C18H20FNO4/c1-22-16-7-6-13(10-17(16)23-2)8-9-20-18(21)12-24-15-5-3-4-14(19)11-15/h3-7,10-11H,8-9,12H2,1-2H3,(H,20,21). The van der Waals surface area contributed by atoms with Gasteiger partial charge in [0.2, 0.25) is 0 Å². The lowest BCUT2D eigenvalue weighted by Gasteiger charge is -2.10. The molecule has 24 heavy (non-hydrogen) atoms. The van der Waals surface area contributed by atoms with E-state index < -0.39 is 5.82 Å². The SMILES string of the molecule is COc1ccc(CCNC(=O)COc2cccc(F)c2)cc1OC. The normalized spacial score (nSPS) is 10.1. The summed E-state index contributed by atoms with van der Waals surface area (Å²) in [6.45, 7) is 0.302. The van der Waals surface area contributed by atoms with E-state index in [4.69, 9.17) is 14.2 Å². The number of hydrogen-bond donors (Lipinski definition) is 1. The minimum absolute atomic E-state index is 0.157. The summed E-state index contributed by atoms with van der Waals surface area (Å²) < 4.78 is 28.6. The zero-order valence-corrected chi connectivity index (χ0v) is 13.7. The molecule has 5 nitrogen and oxygen atoms in total. The van der Waals surface area contributed by atoms with Gasteiger partial charge in [-0.3, -0.25) is 4.79 Å². The minimum atomic E-state index is -0.402. The van der Waals surface area contributed by atoms with Crippen LogP contribution in [0.25, 0.3) is 0 Å². The van der Waals surface area contributed by atoms with Crippen molar-refractivity contribution in [2.24, 2.45) is 0 Å². The number of carbonyl (C=O) groups is 1. The van der Waals surface area contributed by atoms with E-state index in [0.29, 0.717) is 30.2 Å². The lowest BCUT2D eigenvalue weighted by Crippen LogP contribution is -2.30. The number of benzene rings is 2. The van der Waals surface area contributed by atoms with Gasteiger partial charge >= 0.3 is 0 Å². The van der Waals surface area contributed by atoms with Crippen molar-refractivity contribution in [1.29, 1.82) is 0 Å². The molecule has 2 aromatic carbocycles. The molecular weight excluding hydrogens is 313 g/mol. The maximum atomic E-state index is 13.0. The number of amides is 1. The molecule has 0 aliphatic rings. The lowest BCUT2D eigenvalue weighted by molar-refractivity contribution is -0.123. The number of carbonyl (C=O) groups excluding carboxylic acids is 1. The van der Waals surface area contributed by atoms with Crippen LogP contribution in [0, 0.1) is 5.82 Å². The van der Waals surface area contributed by atoms with Gasteiger partial charge in [0.05, 0.1) is 14.2 Å². The van der Waals surface area contributed by atoms with Crippen LogP contribution in [0.5, 0.6) is 17.2 Å². The highest BCUT2D eigenvalue weighted by molar-refractivity contribution is 5.77. The Morgan fingerprint density at radius 3 is 2.58 bits per heavy atom. The predicted octanol–water partition coefficient (Wildman–Crippen LogP) is 2.58. The topological polar surface area (TPSA) is 56.8 Å². The van der Waals surface area contributed by atoms with E-state index in [9.17, 15) is 9.18 Å². The highest BCUT2D eigenvalue weighted by Gasteiger charge is 2.06. The van der Waals surface area contributed by atoms with Gasteiger partial charge in [0.1, 0.15) is 11.6 Å². The van der Waals surface area contributed by atoms with Crippen molar-refractivity contribution >= 4 is 5.91 Å². The van der Waals surface area contributed by atoms with E-state index in [-0.39, 0.29) is 12.5 Å². The van der Waals surface area contributed by atoms with Gasteiger partial charge < -0.3 is 19.5 Å². The van der Waals surface area contributed by atoms with Gasteiger partial charge in [-0.15, -0.1) is 0 Å². The van der Waals surface area contributed by atoms with E-state index in [2.05, 4.69) is 5.32 Å². The second-order valence-corrected chi connectivity index (χ2v) is 5.04. The van der Waals surface area contributed by atoms with Crippen LogP contribution in [0.4, 0.5) is 4.39 Å². The number of hydrogen-bond acceptors (Lipinski definition) is 4. The van der Waals surface area contributed by atoms with Crippen molar-refractivity contribution in [2.45, 2.75) is 6.42 Å². The first-order chi connectivity index (χ1) is 11.6. The van der Waals surface area contributed by atoms with E-state index in [1.165, 1.54) is 18.2 Å². The third-order valence-electron chi connectivity index (χ3n) is 3.35. The first-order valence-electron chi connectivity index (χ1n) is 7.48. The van der Waals surface area contributed by atoms with E-state index in [0.717, 1.165) is 5.56 Å². The molecule has 0 radical (unpaired) electrons. The average Bonchev–Trinajstić information content (AvgIpc) is 2.60. The van der Waals surface area contributed by atoms with Crippen molar-refractivity contribution in [1.82, 2.24) is 5.32 Å². The van der Waals surface area contributed by atoms with Gasteiger partial charge in [-0.25, -0.2) is 4.39 Å². The molecule has 6 heteroatoms. The van der Waals surface area contributed by atoms with Crippen LogP contribution in [0.1, 0.15) is 5.56 Å². The summed E-state index contributed by atoms with van der Waals surface area (Å²) >= 11 is 0. The molecular formula is C18H20FNO4. The summed E-state index contributed by atoms with van der Waals surface area (Å²) in [5, 5.41) is 2.75. The molecule has 0 fully saturated rings. The fourth-order valence-corrected chi connectivity index (χ4v) is 2.14. The molecule has 0 spiro atoms. The fraction of sp³-hybridized carbons (Fsp3) is 0.278. The van der Waals surface area contributed by atoms with Crippen molar-refractivity contribution in [2.75, 3.05) is 27.4 Å². The lowest BCUT2D eigenvalue weighted by atomic mass is 10.1. The van der Waals surface area contributed by atoms with Crippen LogP contribution in [-0.2, 0) is 11.2 Å². The Bertz CT molecular complexity index is 690. The smallest absolute Gasteiger partial charge is 0.257 e. The molecule has 0 saturated carbocycles. The molecule has 1 N–H and O–H groups in total. The Labute approximate surface area is 140 Å². The summed E-state index contributed by atoms with van der Waals surface area (Å²) in [4.78, 5) is 11.7. The maximum absolute atomic E-state index is 13.0. The second-order valence-electron chi connectivity index (χ2n) is 5.04. The molecule has 0 aromatic heterocycles. The number of ether oxygens (including phenoxy) is 3. The number of rotatable bonds is 8. The largest absolute Gasteiger partial charge is 0.493 e. The Kier molecular flexibility index (Phi) is 6.42. The Morgan fingerprint density at radius 1 is 1.08 bits per heavy atom. The highest BCUT2D eigenvalue weighted by Crippen LogP contribution is 2.27. The summed E-state index contributed by atoms with van der Waals surface area (Å²) in [5.74, 6) is 0.968. The van der Waals surface area contributed by atoms with E-state index in [1.807, 2.05) is 18.2 Å². The average molecular weight is 333 g/mol. The quantitative estimate of drug-likeness (QED) is 0.807. The summed E-state index contributed by atoms with van der Waals surface area (Å²) in [6, 6.07) is 11.3. The predicted molar refractivity (Wildman–Crippen MR) is 88.2 cm³/mol. The molecule has 0 atom stereocenters. The zero-order valence-electron chi connectivity index (χ0n) is 13.7. The molecule has 0 saturated heterocycles. The van der Waals surface area contributed by atoms with Crippen LogP contribution >= 0.6 is 0 Å². The summed E-state index contributed by atoms with van der Waals surface area (Å²) in [7, 11) is 3.16. The molecule has 0 unspecified atom stereocenters. The van der Waals surface area contributed by atoms with Gasteiger partial charge in [-0.05, 0) is 36.2 Å². The van der Waals surface area contributed by atoms with Crippen molar-refractivity contribution in [3.8, 4) is 17.2 Å². The van der Waals surface area contributed by atoms with Crippen molar-refractivity contribution in [3.63, 3.8) is 0 Å². The highest BCUT2D eigenvalue weighted by atomic mass is 19.1. The third kappa shape index (κ3) is 5.15. The molecule has 0 aliphatic carbocycles. The molecule has 2 aromatic rings. The number of halogens is 1. The van der Waals surface area contributed by atoms with Crippen LogP contribution in [0.2, 0.25) is 0 Å². The molecule has 0 aliphatic heterocycles. The van der Waals surface area contributed by atoms with Crippen LogP contribution in [0.15, 0.2) is 42.5 Å². The number of methoxy groups -OCH3 is 2. The van der Waals surface area contributed by atoms with Gasteiger partial charge in [-0.2, -0.15) is 0 Å². The summed E-state index contributed by atoms with van der Waals surface area (Å²) in [5.41, 5.74) is 1.01. The maximum Gasteiger partial charge on any atom is 0.257 e. The molecule has 128 valence electrons. The first kappa shape index (κ1) is 17.6. The van der Waals surface area contributed by atoms with Crippen LogP contribution in [-0.4, -0.2) is 33.3 Å². The molecule has 1 amide bonds. The second kappa shape index (κ2) is 8.76. The zero-order chi connectivity index (χ0) is 17.4. The summed E-state index contributed by atoms with van der Waals surface area (Å²) in [6.07, 6.45) is 0.645. The van der Waals surface area contributed by atoms with Gasteiger partial charge in [0.25, 0.3) is 5.91 Å². The van der Waals surface area contributed by atoms with Crippen LogP contribution in [0.3, 0.4) is 0 Å². The van der Waals surface area contributed by atoms with Crippen molar-refractivity contribution < 1.29 is 23.4 Å². The van der Waals surface area contributed by atoms with Gasteiger partial charge in [-0.1, -0.05) is 12.1 Å².